The molecule has 0 aliphatic rings. The molecule has 2 aromatic heterocycles. The predicted molar refractivity (Wildman–Crippen MR) is 257 cm³/mol. The molecule has 2 radical (unpaired) electrons. The van der Waals surface area contributed by atoms with Gasteiger partial charge >= 0.3 is 0 Å². The number of pyridine rings is 2. The Morgan fingerprint density at radius 1 is 0.464 bits per heavy atom. The van der Waals surface area contributed by atoms with Crippen molar-refractivity contribution in [3.8, 4) is 22.3 Å². The van der Waals surface area contributed by atoms with Crippen LogP contribution in [0.4, 0.5) is 11.4 Å². The molecular formula is C46H58Br4Cu2N4. The maximum atomic E-state index is 5.08. The quantitative estimate of drug-likeness (QED) is 0.0977. The zero-order chi connectivity index (χ0) is 36.1. The van der Waals surface area contributed by atoms with E-state index in [0.29, 0.717) is 29.6 Å². The van der Waals surface area contributed by atoms with Gasteiger partial charge in [0.05, 0.1) is 35.2 Å². The first-order valence-electron chi connectivity index (χ1n) is 18.3. The molecule has 0 unspecified atom stereocenters. The molecule has 0 atom stereocenters. The molecule has 0 aliphatic carbocycles. The van der Waals surface area contributed by atoms with Crippen molar-refractivity contribution in [1.82, 2.24) is 9.97 Å². The first-order chi connectivity index (χ1) is 23.8. The minimum atomic E-state index is 0. The number of hydrogen-bond acceptors (Lipinski definition) is 4. The maximum Gasteiger partial charge on any atom is 0.0812 e. The van der Waals surface area contributed by atoms with Gasteiger partial charge in [0.2, 0.25) is 0 Å². The fraction of sp³-hybridized carbons (Fsp3) is 0.348. The van der Waals surface area contributed by atoms with Crippen LogP contribution in [0.1, 0.15) is 144 Å². The van der Waals surface area contributed by atoms with Gasteiger partial charge in [-0.3, -0.25) is 20.0 Å². The van der Waals surface area contributed by atoms with Crippen LogP contribution in [-0.4, -0.2) is 22.4 Å². The van der Waals surface area contributed by atoms with E-state index in [2.05, 4.69) is 123 Å². The number of hydrogen-bond donors (Lipinski definition) is 0. The molecule has 0 saturated heterocycles. The van der Waals surface area contributed by atoms with Crippen molar-refractivity contribution >= 4 is 91.7 Å². The van der Waals surface area contributed by atoms with E-state index < -0.39 is 0 Å². The zero-order valence-corrected chi connectivity index (χ0v) is 42.9. The third kappa shape index (κ3) is 13.7. The molecule has 0 N–H and O–H groups in total. The fourth-order valence-electron chi connectivity index (χ4n) is 6.57. The summed E-state index contributed by atoms with van der Waals surface area (Å²) in [6.45, 7) is 25.0. The molecule has 0 amide bonds. The number of aliphatic imine (C=N–C) groups is 2. The van der Waals surface area contributed by atoms with E-state index in [1.807, 2.05) is 61.2 Å². The van der Waals surface area contributed by atoms with Crippen molar-refractivity contribution < 1.29 is 34.1 Å². The standard InChI is InChI=1S/C46H54N4.4BrH.2Cu/c1-28(2)34-20-43(35-22-39(29(3)4)45(40(23-35)30(5)6)49-26-37-16-12-14-18-47-37)33(11)44(21-34)36-24-41(31(7)8)46(42(25-36)32(9)10)50-27-38-17-13-15-19-48-38;;;;;;/h12-32H,1-11H3;4*1H;;. The second-order valence-electron chi connectivity index (χ2n) is 15.0. The summed E-state index contributed by atoms with van der Waals surface area (Å²) >= 11 is 0. The van der Waals surface area contributed by atoms with E-state index in [1.54, 1.807) is 0 Å². The van der Waals surface area contributed by atoms with Crippen molar-refractivity contribution in [2.24, 2.45) is 9.98 Å². The molecule has 4 nitrogen and oxygen atoms in total. The van der Waals surface area contributed by atoms with Crippen molar-refractivity contribution in [2.45, 2.75) is 106 Å². The Morgan fingerprint density at radius 2 is 0.786 bits per heavy atom. The number of rotatable bonds is 11. The van der Waals surface area contributed by atoms with Crippen molar-refractivity contribution in [1.29, 1.82) is 0 Å². The zero-order valence-electron chi connectivity index (χ0n) is 34.1. The van der Waals surface area contributed by atoms with Gasteiger partial charge in [0.1, 0.15) is 0 Å². The topological polar surface area (TPSA) is 50.5 Å². The number of nitrogens with zero attached hydrogens (tertiary/aromatic N) is 4. The van der Waals surface area contributed by atoms with Crippen LogP contribution in [0, 0.1) is 6.92 Å². The third-order valence-electron chi connectivity index (χ3n) is 9.57. The van der Waals surface area contributed by atoms with Gasteiger partial charge in [-0.1, -0.05) is 93.5 Å². The number of benzene rings is 3. The molecule has 312 valence electrons. The molecule has 0 fully saturated rings. The molecule has 0 saturated carbocycles. The second kappa shape index (κ2) is 25.7. The molecule has 56 heavy (non-hydrogen) atoms. The molecule has 0 bridgehead atoms. The van der Waals surface area contributed by atoms with Crippen molar-refractivity contribution in [3.05, 3.63) is 130 Å². The molecule has 3 aromatic carbocycles. The summed E-state index contributed by atoms with van der Waals surface area (Å²) in [6.07, 6.45) is 7.43. The van der Waals surface area contributed by atoms with Crippen LogP contribution >= 0.6 is 67.9 Å². The van der Waals surface area contributed by atoms with E-state index in [1.165, 1.54) is 55.6 Å². The predicted octanol–water partition coefficient (Wildman–Crippen LogP) is 15.5. The van der Waals surface area contributed by atoms with Crippen LogP contribution in [0.5, 0.6) is 0 Å². The van der Waals surface area contributed by atoms with Gasteiger partial charge in [0.25, 0.3) is 0 Å². The Hall–Kier alpha value is -1.74. The summed E-state index contributed by atoms with van der Waals surface area (Å²) in [5, 5.41) is 0. The maximum absolute atomic E-state index is 5.08. The average molecular weight is 1110 g/mol. The van der Waals surface area contributed by atoms with Crippen LogP contribution in [0.15, 0.2) is 95.2 Å². The molecule has 5 rings (SSSR count). The largest absolute Gasteiger partial charge is 0.255 e. The van der Waals surface area contributed by atoms with E-state index in [4.69, 9.17) is 9.98 Å². The Bertz CT molecular complexity index is 1820. The first-order valence-corrected chi connectivity index (χ1v) is 18.3. The Balaban J connectivity index is 0. The minimum Gasteiger partial charge on any atom is -0.255 e. The summed E-state index contributed by atoms with van der Waals surface area (Å²) in [6, 6.07) is 26.2. The van der Waals surface area contributed by atoms with E-state index in [0.717, 1.165) is 22.8 Å². The van der Waals surface area contributed by atoms with Crippen LogP contribution in [0.2, 0.25) is 0 Å². The van der Waals surface area contributed by atoms with Crippen LogP contribution < -0.4 is 0 Å². The molecular weight excluding hydrogens is 1060 g/mol. The SMILES string of the molecule is Br.Br.Br.Br.Cc1c(-c2cc(C(C)C)c(N=Cc3ccccn3)c(C(C)C)c2)cc(C(C)C)cc1-c1cc(C(C)C)c(N=Cc2ccccn2)c(C(C)C)c1.[Cu].[Cu]. The van der Waals surface area contributed by atoms with E-state index in [-0.39, 0.29) is 102 Å². The van der Waals surface area contributed by atoms with Crippen LogP contribution in [0.25, 0.3) is 22.3 Å². The summed E-state index contributed by atoms with van der Waals surface area (Å²) in [4.78, 5) is 19.1. The van der Waals surface area contributed by atoms with Crippen molar-refractivity contribution in [2.75, 3.05) is 0 Å². The van der Waals surface area contributed by atoms with Crippen molar-refractivity contribution in [3.63, 3.8) is 0 Å². The summed E-state index contributed by atoms with van der Waals surface area (Å²) < 4.78 is 0. The smallest absolute Gasteiger partial charge is 0.0812 e. The Morgan fingerprint density at radius 3 is 1.04 bits per heavy atom. The summed E-state index contributed by atoms with van der Waals surface area (Å²) in [5.74, 6) is 1.59. The van der Waals surface area contributed by atoms with Gasteiger partial charge in [0.15, 0.2) is 0 Å². The van der Waals surface area contributed by atoms with E-state index in [9.17, 15) is 0 Å². The van der Waals surface area contributed by atoms with Gasteiger partial charge < -0.3 is 0 Å². The molecule has 10 heteroatoms. The molecule has 0 aliphatic heterocycles. The van der Waals surface area contributed by atoms with Gasteiger partial charge in [-0.15, -0.1) is 67.9 Å². The average Bonchev–Trinajstić information content (AvgIpc) is 3.09. The molecule has 5 aromatic rings. The normalized spacial score (nSPS) is 10.9. The van der Waals surface area contributed by atoms with Crippen LogP contribution in [-0.2, 0) is 34.1 Å². The third-order valence-corrected chi connectivity index (χ3v) is 9.57. The summed E-state index contributed by atoms with van der Waals surface area (Å²) in [7, 11) is 0. The second-order valence-corrected chi connectivity index (χ2v) is 15.0. The molecule has 0 spiro atoms. The van der Waals surface area contributed by atoms with Crippen LogP contribution in [0.3, 0.4) is 0 Å². The Kier molecular flexibility index (Phi) is 25.8. The molecule has 2 heterocycles. The Labute approximate surface area is 400 Å². The fourth-order valence-corrected chi connectivity index (χ4v) is 6.57. The van der Waals surface area contributed by atoms with Gasteiger partial charge in [0, 0.05) is 46.5 Å². The van der Waals surface area contributed by atoms with Gasteiger partial charge in [-0.2, -0.15) is 0 Å². The van der Waals surface area contributed by atoms with E-state index >= 15 is 0 Å². The number of halogens is 4. The summed E-state index contributed by atoms with van der Waals surface area (Å²) in [5.41, 5.74) is 16.6. The monoisotopic (exact) mass is 1110 g/mol. The minimum absolute atomic E-state index is 0. The number of aromatic nitrogens is 2. The van der Waals surface area contributed by atoms with Gasteiger partial charge in [-0.05, 0) is 141 Å². The first kappa shape index (κ1) is 56.4. The van der Waals surface area contributed by atoms with Gasteiger partial charge in [-0.25, -0.2) is 0 Å².